The van der Waals surface area contributed by atoms with Gasteiger partial charge in [-0.2, -0.15) is 0 Å². The third-order valence-corrected chi connectivity index (χ3v) is 1.41. The van der Waals surface area contributed by atoms with E-state index in [-0.39, 0.29) is 24.8 Å². The molecule has 0 radical (unpaired) electrons. The van der Waals surface area contributed by atoms with Crippen molar-refractivity contribution in [3.63, 3.8) is 0 Å². The molecular formula is C10H14N2O2. The van der Waals surface area contributed by atoms with E-state index in [0.717, 1.165) is 0 Å². The van der Waals surface area contributed by atoms with Crippen molar-refractivity contribution >= 4 is 11.8 Å². The maximum atomic E-state index is 11.0. The van der Waals surface area contributed by atoms with Gasteiger partial charge in [-0.25, -0.2) is 0 Å². The number of amides is 2. The van der Waals surface area contributed by atoms with E-state index < -0.39 is 0 Å². The summed E-state index contributed by atoms with van der Waals surface area (Å²) in [6.07, 6.45) is 5.17. The fourth-order valence-corrected chi connectivity index (χ4v) is 0.678. The first-order chi connectivity index (χ1) is 6.57. The lowest BCUT2D eigenvalue weighted by atomic mass is 10.3. The number of carbonyl (C=O) groups is 2. The van der Waals surface area contributed by atoms with Gasteiger partial charge in [-0.1, -0.05) is 12.5 Å². The Hall–Kier alpha value is -1.76. The van der Waals surface area contributed by atoms with Crippen molar-refractivity contribution in [1.29, 1.82) is 0 Å². The van der Waals surface area contributed by atoms with Gasteiger partial charge in [0.1, 0.15) is 0 Å². The highest BCUT2D eigenvalue weighted by Gasteiger charge is 2.02. The van der Waals surface area contributed by atoms with Gasteiger partial charge in [0, 0.05) is 18.5 Å². The Labute approximate surface area is 83.8 Å². The fraction of sp³-hybridized carbons (Fsp3) is 0.400. The molecule has 0 aromatic carbocycles. The fourth-order valence-electron chi connectivity index (χ4n) is 0.678. The van der Waals surface area contributed by atoms with Crippen LogP contribution in [-0.2, 0) is 9.59 Å². The monoisotopic (exact) mass is 194 g/mol. The predicted molar refractivity (Wildman–Crippen MR) is 54.3 cm³/mol. The number of nitrogens with one attached hydrogen (secondary N) is 2. The number of terminal acetylenes is 1. The lowest BCUT2D eigenvalue weighted by Gasteiger charge is -2.04. The molecule has 0 aliphatic rings. The average molecular weight is 194 g/mol. The van der Waals surface area contributed by atoms with Crippen LogP contribution < -0.4 is 10.6 Å². The Bertz CT molecular complexity index is 276. The Morgan fingerprint density at radius 1 is 1.43 bits per heavy atom. The van der Waals surface area contributed by atoms with Crippen LogP contribution in [0.4, 0.5) is 0 Å². The van der Waals surface area contributed by atoms with Crippen LogP contribution in [0.3, 0.4) is 0 Å². The Morgan fingerprint density at radius 2 is 2.07 bits per heavy atom. The van der Waals surface area contributed by atoms with Crippen molar-refractivity contribution in [3.8, 4) is 12.3 Å². The van der Waals surface area contributed by atoms with Gasteiger partial charge < -0.3 is 10.6 Å². The lowest BCUT2D eigenvalue weighted by molar-refractivity contribution is -0.121. The van der Waals surface area contributed by atoms with Crippen LogP contribution in [0.2, 0.25) is 0 Å². The zero-order chi connectivity index (χ0) is 11.0. The summed E-state index contributed by atoms with van der Waals surface area (Å²) in [7, 11) is 0. The Kier molecular flexibility index (Phi) is 5.88. The van der Waals surface area contributed by atoms with Gasteiger partial charge in [-0.3, -0.25) is 9.59 Å². The molecule has 0 fully saturated rings. The molecule has 0 atom stereocenters. The molecule has 0 aliphatic heterocycles. The number of carbonyl (C=O) groups excluding carboxylic acids is 2. The molecule has 0 spiro atoms. The maximum absolute atomic E-state index is 11.0. The molecule has 2 amide bonds. The quantitative estimate of drug-likeness (QED) is 0.471. The molecule has 0 bridgehead atoms. The summed E-state index contributed by atoms with van der Waals surface area (Å²) >= 11 is 0. The van der Waals surface area contributed by atoms with E-state index in [1.54, 1.807) is 6.92 Å². The highest BCUT2D eigenvalue weighted by Crippen LogP contribution is 1.85. The van der Waals surface area contributed by atoms with E-state index in [0.29, 0.717) is 12.1 Å². The molecule has 4 heteroatoms. The van der Waals surface area contributed by atoms with Crippen LogP contribution in [0.25, 0.3) is 0 Å². The van der Waals surface area contributed by atoms with Crippen LogP contribution in [0.15, 0.2) is 12.2 Å². The third kappa shape index (κ3) is 5.84. The molecule has 0 saturated carbocycles. The standard InChI is InChI=1S/C10H14N2O2/c1-4-6-11-9(13)5-7-12-10(14)8(2)3/h1H,2,5-7H2,3H3,(H,11,13)(H,12,14). The predicted octanol–water partition coefficient (Wildman–Crippen LogP) is -0.182. The van der Waals surface area contributed by atoms with Gasteiger partial charge in [0.25, 0.3) is 0 Å². The second-order valence-electron chi connectivity index (χ2n) is 2.77. The summed E-state index contributed by atoms with van der Waals surface area (Å²) in [6.45, 7) is 5.58. The van der Waals surface area contributed by atoms with Crippen LogP contribution in [0.5, 0.6) is 0 Å². The summed E-state index contributed by atoms with van der Waals surface area (Å²) in [6, 6.07) is 0. The van der Waals surface area contributed by atoms with Crippen molar-refractivity contribution in [1.82, 2.24) is 10.6 Å². The molecule has 0 rings (SSSR count). The van der Waals surface area contributed by atoms with Gasteiger partial charge >= 0.3 is 0 Å². The van der Waals surface area contributed by atoms with E-state index in [2.05, 4.69) is 23.1 Å². The normalized spacial score (nSPS) is 8.57. The molecule has 14 heavy (non-hydrogen) atoms. The topological polar surface area (TPSA) is 58.2 Å². The molecule has 0 aromatic heterocycles. The largest absolute Gasteiger partial charge is 0.352 e. The first kappa shape index (κ1) is 12.2. The minimum Gasteiger partial charge on any atom is -0.352 e. The lowest BCUT2D eigenvalue weighted by Crippen LogP contribution is -2.31. The van der Waals surface area contributed by atoms with Crippen LogP contribution in [0, 0.1) is 12.3 Å². The van der Waals surface area contributed by atoms with E-state index in [1.165, 1.54) is 0 Å². The van der Waals surface area contributed by atoms with Crippen LogP contribution in [0.1, 0.15) is 13.3 Å². The van der Waals surface area contributed by atoms with Crippen LogP contribution in [-0.4, -0.2) is 24.9 Å². The Balaban J connectivity index is 3.55. The molecule has 0 unspecified atom stereocenters. The second kappa shape index (κ2) is 6.72. The summed E-state index contributed by atoms with van der Waals surface area (Å²) in [5.41, 5.74) is 0.425. The van der Waals surface area contributed by atoms with Gasteiger partial charge in [0.2, 0.25) is 11.8 Å². The molecule has 0 aliphatic carbocycles. The second-order valence-corrected chi connectivity index (χ2v) is 2.77. The van der Waals surface area contributed by atoms with Crippen molar-refractivity contribution in [2.24, 2.45) is 0 Å². The van der Waals surface area contributed by atoms with E-state index in [4.69, 9.17) is 6.42 Å². The molecule has 4 nitrogen and oxygen atoms in total. The Morgan fingerprint density at radius 3 is 2.57 bits per heavy atom. The van der Waals surface area contributed by atoms with Gasteiger partial charge in [0.05, 0.1) is 6.54 Å². The first-order valence-corrected chi connectivity index (χ1v) is 4.21. The SMILES string of the molecule is C#CCNC(=O)CCNC(=O)C(=C)C. The summed E-state index contributed by atoms with van der Waals surface area (Å²) in [4.78, 5) is 21.9. The molecule has 0 aromatic rings. The van der Waals surface area contributed by atoms with E-state index >= 15 is 0 Å². The summed E-state index contributed by atoms with van der Waals surface area (Å²) < 4.78 is 0. The minimum atomic E-state index is -0.241. The zero-order valence-electron chi connectivity index (χ0n) is 8.22. The van der Waals surface area contributed by atoms with Crippen LogP contribution >= 0.6 is 0 Å². The molecular weight excluding hydrogens is 180 g/mol. The molecule has 0 heterocycles. The van der Waals surface area contributed by atoms with Crippen molar-refractivity contribution in [3.05, 3.63) is 12.2 Å². The third-order valence-electron chi connectivity index (χ3n) is 1.41. The summed E-state index contributed by atoms with van der Waals surface area (Å²) in [5, 5.41) is 5.02. The molecule has 2 N–H and O–H groups in total. The average Bonchev–Trinajstić information content (AvgIpc) is 2.14. The van der Waals surface area contributed by atoms with E-state index in [9.17, 15) is 9.59 Å². The number of hydrogen-bond donors (Lipinski definition) is 2. The smallest absolute Gasteiger partial charge is 0.246 e. The highest BCUT2D eigenvalue weighted by molar-refractivity contribution is 5.92. The number of rotatable bonds is 5. The van der Waals surface area contributed by atoms with Gasteiger partial charge in [-0.15, -0.1) is 6.42 Å². The highest BCUT2D eigenvalue weighted by atomic mass is 16.2. The van der Waals surface area contributed by atoms with Gasteiger partial charge in [0.15, 0.2) is 0 Å². The molecule has 76 valence electrons. The number of hydrogen-bond acceptors (Lipinski definition) is 2. The van der Waals surface area contributed by atoms with E-state index in [1.807, 2.05) is 0 Å². The first-order valence-electron chi connectivity index (χ1n) is 4.21. The molecule has 0 saturated heterocycles. The summed E-state index contributed by atoms with van der Waals surface area (Å²) in [5.74, 6) is 1.87. The zero-order valence-corrected chi connectivity index (χ0v) is 8.22. The minimum absolute atomic E-state index is 0.176. The van der Waals surface area contributed by atoms with Gasteiger partial charge in [-0.05, 0) is 6.92 Å². The maximum Gasteiger partial charge on any atom is 0.246 e. The van der Waals surface area contributed by atoms with Crippen molar-refractivity contribution in [2.75, 3.05) is 13.1 Å². The van der Waals surface area contributed by atoms with Crippen molar-refractivity contribution < 1.29 is 9.59 Å². The van der Waals surface area contributed by atoms with Crippen molar-refractivity contribution in [2.45, 2.75) is 13.3 Å².